The SMILES string of the molecule is Cc1c(C(=O)O)cccc1S(=O)(=O)Nc1ccccc1Br. The topological polar surface area (TPSA) is 83.5 Å². The average Bonchev–Trinajstić information content (AvgIpc) is 2.41. The van der Waals surface area contributed by atoms with Gasteiger partial charge < -0.3 is 5.11 Å². The Morgan fingerprint density at radius 3 is 2.43 bits per heavy atom. The Morgan fingerprint density at radius 1 is 1.14 bits per heavy atom. The van der Waals surface area contributed by atoms with Crippen LogP contribution < -0.4 is 4.72 Å². The molecule has 2 aromatic rings. The summed E-state index contributed by atoms with van der Waals surface area (Å²) in [6, 6.07) is 10.9. The van der Waals surface area contributed by atoms with Gasteiger partial charge in [0.1, 0.15) is 0 Å². The highest BCUT2D eigenvalue weighted by atomic mass is 79.9. The van der Waals surface area contributed by atoms with Gasteiger partial charge in [-0.25, -0.2) is 13.2 Å². The van der Waals surface area contributed by atoms with E-state index in [1.807, 2.05) is 0 Å². The first-order chi connectivity index (χ1) is 9.83. The molecule has 0 spiro atoms. The highest BCUT2D eigenvalue weighted by Crippen LogP contribution is 2.26. The minimum absolute atomic E-state index is 0.0370. The third kappa shape index (κ3) is 3.25. The van der Waals surface area contributed by atoms with Crippen molar-refractivity contribution in [2.45, 2.75) is 11.8 Å². The minimum Gasteiger partial charge on any atom is -0.478 e. The van der Waals surface area contributed by atoms with Crippen molar-refractivity contribution >= 4 is 37.6 Å². The predicted octanol–water partition coefficient (Wildman–Crippen LogP) is 3.26. The van der Waals surface area contributed by atoms with Gasteiger partial charge in [0.15, 0.2) is 0 Å². The summed E-state index contributed by atoms with van der Waals surface area (Å²) in [4.78, 5) is 11.0. The van der Waals surface area contributed by atoms with Crippen molar-refractivity contribution < 1.29 is 18.3 Å². The van der Waals surface area contributed by atoms with E-state index < -0.39 is 16.0 Å². The second-order valence-corrected chi connectivity index (χ2v) is 6.82. The van der Waals surface area contributed by atoms with Gasteiger partial charge in [-0.2, -0.15) is 0 Å². The van der Waals surface area contributed by atoms with Gasteiger partial charge in [0, 0.05) is 4.47 Å². The molecule has 0 radical (unpaired) electrons. The fraction of sp³-hybridized carbons (Fsp3) is 0.0714. The van der Waals surface area contributed by atoms with Gasteiger partial charge in [0.2, 0.25) is 0 Å². The normalized spacial score (nSPS) is 11.1. The molecule has 0 amide bonds. The summed E-state index contributed by atoms with van der Waals surface area (Å²) in [5, 5.41) is 9.07. The fourth-order valence-corrected chi connectivity index (χ4v) is 3.74. The van der Waals surface area contributed by atoms with Gasteiger partial charge in [0.25, 0.3) is 10.0 Å². The van der Waals surface area contributed by atoms with Gasteiger partial charge in [-0.05, 0) is 52.7 Å². The van der Waals surface area contributed by atoms with Crippen molar-refractivity contribution in [1.29, 1.82) is 0 Å². The van der Waals surface area contributed by atoms with E-state index in [0.29, 0.717) is 10.2 Å². The van der Waals surface area contributed by atoms with Crippen molar-refractivity contribution in [2.75, 3.05) is 4.72 Å². The van der Waals surface area contributed by atoms with Gasteiger partial charge in [-0.3, -0.25) is 4.72 Å². The highest BCUT2D eigenvalue weighted by molar-refractivity contribution is 9.10. The van der Waals surface area contributed by atoms with Crippen LogP contribution in [0.5, 0.6) is 0 Å². The quantitative estimate of drug-likeness (QED) is 0.866. The van der Waals surface area contributed by atoms with Crippen molar-refractivity contribution in [3.63, 3.8) is 0 Å². The summed E-state index contributed by atoms with van der Waals surface area (Å²) in [5.74, 6) is -1.16. The lowest BCUT2D eigenvalue weighted by molar-refractivity contribution is 0.0696. The highest BCUT2D eigenvalue weighted by Gasteiger charge is 2.21. The van der Waals surface area contributed by atoms with E-state index in [9.17, 15) is 13.2 Å². The van der Waals surface area contributed by atoms with Gasteiger partial charge in [-0.1, -0.05) is 18.2 Å². The van der Waals surface area contributed by atoms with Crippen LogP contribution >= 0.6 is 15.9 Å². The van der Waals surface area contributed by atoms with E-state index in [1.54, 1.807) is 24.3 Å². The molecule has 0 atom stereocenters. The van der Waals surface area contributed by atoms with Gasteiger partial charge >= 0.3 is 5.97 Å². The number of rotatable bonds is 4. The molecule has 0 aromatic heterocycles. The lowest BCUT2D eigenvalue weighted by Gasteiger charge is -2.12. The number of carboxylic acid groups (broad SMARTS) is 1. The van der Waals surface area contributed by atoms with E-state index in [4.69, 9.17) is 5.11 Å². The van der Waals surface area contributed by atoms with E-state index in [2.05, 4.69) is 20.7 Å². The monoisotopic (exact) mass is 369 g/mol. The van der Waals surface area contributed by atoms with Crippen molar-refractivity contribution in [3.05, 3.63) is 58.1 Å². The summed E-state index contributed by atoms with van der Waals surface area (Å²) < 4.78 is 27.9. The molecule has 2 aromatic carbocycles. The molecule has 0 fully saturated rings. The van der Waals surface area contributed by atoms with Crippen LogP contribution in [0.1, 0.15) is 15.9 Å². The lowest BCUT2D eigenvalue weighted by atomic mass is 10.1. The van der Waals surface area contributed by atoms with Crippen LogP contribution in [-0.2, 0) is 10.0 Å². The molecule has 0 aliphatic rings. The Hall–Kier alpha value is -1.86. The number of para-hydroxylation sites is 1. The number of carbonyl (C=O) groups is 1. The molecule has 0 bridgehead atoms. The zero-order valence-corrected chi connectivity index (χ0v) is 13.4. The standard InChI is InChI=1S/C14H12BrNO4S/c1-9-10(14(17)18)5-4-8-13(9)21(19,20)16-12-7-3-2-6-11(12)15/h2-8,16H,1H3,(H,17,18). The number of halogens is 1. The largest absolute Gasteiger partial charge is 0.478 e. The number of anilines is 1. The number of hydrogen-bond acceptors (Lipinski definition) is 3. The number of nitrogens with one attached hydrogen (secondary N) is 1. The van der Waals surface area contributed by atoms with Gasteiger partial charge in [-0.15, -0.1) is 0 Å². The Morgan fingerprint density at radius 2 is 1.81 bits per heavy atom. The van der Waals surface area contributed by atoms with Crippen LogP contribution in [0.25, 0.3) is 0 Å². The van der Waals surface area contributed by atoms with Crippen molar-refractivity contribution in [3.8, 4) is 0 Å². The molecule has 0 unspecified atom stereocenters. The van der Waals surface area contributed by atoms with Gasteiger partial charge in [0.05, 0.1) is 16.1 Å². The molecule has 2 N–H and O–H groups in total. The first kappa shape index (κ1) is 15.5. The van der Waals surface area contributed by atoms with Crippen LogP contribution in [0.2, 0.25) is 0 Å². The zero-order chi connectivity index (χ0) is 15.6. The summed E-state index contributed by atoms with van der Waals surface area (Å²) >= 11 is 3.26. The number of hydrogen-bond donors (Lipinski definition) is 2. The maximum Gasteiger partial charge on any atom is 0.335 e. The van der Waals surface area contributed by atoms with Crippen LogP contribution in [0.4, 0.5) is 5.69 Å². The van der Waals surface area contributed by atoms with Crippen LogP contribution in [0.15, 0.2) is 51.8 Å². The van der Waals surface area contributed by atoms with E-state index in [1.165, 1.54) is 25.1 Å². The maximum absolute atomic E-state index is 12.4. The molecule has 5 nitrogen and oxygen atoms in total. The average molecular weight is 370 g/mol. The van der Waals surface area contributed by atoms with E-state index >= 15 is 0 Å². The summed E-state index contributed by atoms with van der Waals surface area (Å²) in [6.07, 6.45) is 0. The number of sulfonamides is 1. The van der Waals surface area contributed by atoms with Crippen LogP contribution in [0, 0.1) is 6.92 Å². The second kappa shape index (κ2) is 5.87. The molecule has 0 aliphatic carbocycles. The zero-order valence-electron chi connectivity index (χ0n) is 11.0. The smallest absolute Gasteiger partial charge is 0.335 e. The molecular formula is C14H12BrNO4S. The molecule has 2 rings (SSSR count). The van der Waals surface area contributed by atoms with E-state index in [0.717, 1.165) is 0 Å². The molecular weight excluding hydrogens is 358 g/mol. The summed E-state index contributed by atoms with van der Waals surface area (Å²) in [6.45, 7) is 1.47. The number of carboxylic acids is 1. The second-order valence-electron chi connectivity index (χ2n) is 4.32. The van der Waals surface area contributed by atoms with E-state index in [-0.39, 0.29) is 16.0 Å². The molecule has 110 valence electrons. The summed E-state index contributed by atoms with van der Waals surface area (Å²) in [7, 11) is -3.87. The Labute approximate surface area is 130 Å². The molecule has 0 saturated heterocycles. The molecule has 7 heteroatoms. The lowest BCUT2D eigenvalue weighted by Crippen LogP contribution is -2.16. The first-order valence-electron chi connectivity index (χ1n) is 5.93. The first-order valence-corrected chi connectivity index (χ1v) is 8.21. The number of benzene rings is 2. The maximum atomic E-state index is 12.4. The van der Waals surface area contributed by atoms with Crippen LogP contribution in [-0.4, -0.2) is 19.5 Å². The van der Waals surface area contributed by atoms with Crippen molar-refractivity contribution in [2.24, 2.45) is 0 Å². The van der Waals surface area contributed by atoms with Crippen LogP contribution in [0.3, 0.4) is 0 Å². The summed E-state index contributed by atoms with van der Waals surface area (Å²) in [5.41, 5.74) is 0.548. The third-order valence-corrected chi connectivity index (χ3v) is 5.12. The molecule has 0 saturated carbocycles. The fourth-order valence-electron chi connectivity index (χ4n) is 1.88. The Bertz CT molecular complexity index is 802. The Balaban J connectivity index is 2.48. The van der Waals surface area contributed by atoms with Crippen molar-refractivity contribution in [1.82, 2.24) is 0 Å². The third-order valence-electron chi connectivity index (χ3n) is 2.92. The molecule has 0 aliphatic heterocycles. The number of aromatic carboxylic acids is 1. The Kier molecular flexibility index (Phi) is 4.34. The molecule has 0 heterocycles. The minimum atomic E-state index is -3.87. The molecule has 21 heavy (non-hydrogen) atoms. The predicted molar refractivity (Wildman–Crippen MR) is 83.1 cm³/mol.